The molecule has 1 N–H and O–H groups in total. The number of amides is 2. The van der Waals surface area contributed by atoms with E-state index in [9.17, 15) is 18.0 Å². The summed E-state index contributed by atoms with van der Waals surface area (Å²) in [6.45, 7) is 4.38. The van der Waals surface area contributed by atoms with E-state index in [4.69, 9.17) is 49.0 Å². The molecule has 0 bridgehead atoms. The van der Waals surface area contributed by atoms with Gasteiger partial charge in [-0.1, -0.05) is 47.8 Å². The van der Waals surface area contributed by atoms with Gasteiger partial charge in [-0.25, -0.2) is 8.42 Å². The van der Waals surface area contributed by atoms with Crippen LogP contribution in [0.5, 0.6) is 17.2 Å². The summed E-state index contributed by atoms with van der Waals surface area (Å²) in [6.07, 6.45) is 0.661. The number of anilines is 1. The van der Waals surface area contributed by atoms with Crippen molar-refractivity contribution in [1.29, 1.82) is 0 Å². The molecule has 0 unspecified atom stereocenters. The first-order chi connectivity index (χ1) is 21.3. The van der Waals surface area contributed by atoms with Crippen molar-refractivity contribution in [3.05, 3.63) is 75.2 Å². The molecule has 0 aliphatic heterocycles. The van der Waals surface area contributed by atoms with Crippen LogP contribution < -0.4 is 23.8 Å². The van der Waals surface area contributed by atoms with Crippen LogP contribution in [0.3, 0.4) is 0 Å². The van der Waals surface area contributed by atoms with Gasteiger partial charge in [0.05, 0.1) is 31.9 Å². The van der Waals surface area contributed by atoms with Gasteiger partial charge in [0.15, 0.2) is 11.5 Å². The van der Waals surface area contributed by atoms with Crippen LogP contribution in [-0.2, 0) is 26.2 Å². The van der Waals surface area contributed by atoms with E-state index in [1.54, 1.807) is 25.1 Å². The zero-order chi connectivity index (χ0) is 33.5. The van der Waals surface area contributed by atoms with Crippen LogP contribution in [0, 0.1) is 0 Å². The Kier molecular flexibility index (Phi) is 12.6. The van der Waals surface area contributed by atoms with Crippen LogP contribution in [-0.4, -0.2) is 65.1 Å². The molecule has 0 aliphatic rings. The fraction of sp³-hybridized carbons (Fsp3) is 0.355. The Labute approximate surface area is 279 Å². The molecule has 0 heterocycles. The normalized spacial score (nSPS) is 12.6. The summed E-state index contributed by atoms with van der Waals surface area (Å²) in [4.78, 5) is 28.6. The molecule has 0 spiro atoms. The van der Waals surface area contributed by atoms with E-state index in [-0.39, 0.29) is 49.7 Å². The Hall–Kier alpha value is -3.38. The summed E-state index contributed by atoms with van der Waals surface area (Å²) in [5, 5.41) is 3.63. The number of sulfonamides is 1. The van der Waals surface area contributed by atoms with E-state index in [2.05, 4.69) is 5.32 Å². The summed E-state index contributed by atoms with van der Waals surface area (Å²) in [5.74, 6) is -0.546. The van der Waals surface area contributed by atoms with Gasteiger partial charge in [-0.05, 0) is 62.7 Å². The Morgan fingerprint density at radius 3 is 2.04 bits per heavy atom. The predicted molar refractivity (Wildman–Crippen MR) is 176 cm³/mol. The zero-order valence-electron chi connectivity index (χ0n) is 25.8. The smallest absolute Gasteiger partial charge is 0.265 e. The van der Waals surface area contributed by atoms with E-state index < -0.39 is 34.4 Å². The summed E-state index contributed by atoms with van der Waals surface area (Å²) in [5.41, 5.74) is 0.396. The highest BCUT2D eigenvalue weighted by molar-refractivity contribution is 7.92. The molecule has 2 atom stereocenters. The van der Waals surface area contributed by atoms with Crippen molar-refractivity contribution in [3.63, 3.8) is 0 Å². The first-order valence-corrected chi connectivity index (χ1v) is 16.5. The second-order valence-corrected chi connectivity index (χ2v) is 13.2. The van der Waals surface area contributed by atoms with E-state index in [0.717, 1.165) is 4.31 Å². The number of hydrogen-bond acceptors (Lipinski definition) is 7. The van der Waals surface area contributed by atoms with Gasteiger partial charge in [0.2, 0.25) is 11.8 Å². The number of nitrogens with one attached hydrogen (secondary N) is 1. The number of halogens is 3. The van der Waals surface area contributed by atoms with Gasteiger partial charge in [-0.2, -0.15) is 0 Å². The molecule has 14 heteroatoms. The van der Waals surface area contributed by atoms with Crippen molar-refractivity contribution >= 4 is 62.3 Å². The van der Waals surface area contributed by atoms with Crippen molar-refractivity contribution in [2.75, 3.05) is 32.2 Å². The minimum atomic E-state index is -4.49. The highest BCUT2D eigenvalue weighted by Gasteiger charge is 2.35. The van der Waals surface area contributed by atoms with Crippen LogP contribution in [0.15, 0.2) is 59.5 Å². The third-order valence-electron chi connectivity index (χ3n) is 7.19. The van der Waals surface area contributed by atoms with Crippen LogP contribution in [0.4, 0.5) is 5.69 Å². The molecule has 244 valence electrons. The molecule has 3 aromatic rings. The molecular weight excluding hydrogens is 665 g/mol. The molecule has 3 rings (SSSR count). The van der Waals surface area contributed by atoms with Gasteiger partial charge in [0.1, 0.15) is 18.3 Å². The number of carbonyl (C=O) groups is 2. The van der Waals surface area contributed by atoms with Crippen molar-refractivity contribution in [2.24, 2.45) is 0 Å². The molecule has 45 heavy (non-hydrogen) atoms. The second-order valence-electron chi connectivity index (χ2n) is 10.1. The van der Waals surface area contributed by atoms with Crippen molar-refractivity contribution in [1.82, 2.24) is 10.2 Å². The van der Waals surface area contributed by atoms with Gasteiger partial charge >= 0.3 is 0 Å². The quantitative estimate of drug-likeness (QED) is 0.213. The van der Waals surface area contributed by atoms with Gasteiger partial charge in [0, 0.05) is 39.3 Å². The number of ether oxygens (including phenoxy) is 3. The van der Waals surface area contributed by atoms with Crippen molar-refractivity contribution < 1.29 is 32.2 Å². The van der Waals surface area contributed by atoms with Crippen molar-refractivity contribution in [3.8, 4) is 17.2 Å². The topological polar surface area (TPSA) is 114 Å². The molecule has 10 nitrogen and oxygen atoms in total. The summed E-state index contributed by atoms with van der Waals surface area (Å²) in [6, 6.07) is 12.1. The summed E-state index contributed by atoms with van der Waals surface area (Å²) < 4.78 is 45.6. The first kappa shape index (κ1) is 36.1. The fourth-order valence-corrected chi connectivity index (χ4v) is 6.49. The Morgan fingerprint density at radius 1 is 0.867 bits per heavy atom. The molecule has 0 saturated carbocycles. The van der Waals surface area contributed by atoms with Gasteiger partial charge in [0.25, 0.3) is 10.0 Å². The number of nitrogens with zero attached hydrogens (tertiary/aromatic N) is 2. The minimum absolute atomic E-state index is 0.000528. The van der Waals surface area contributed by atoms with E-state index in [1.165, 1.54) is 62.6 Å². The zero-order valence-corrected chi connectivity index (χ0v) is 28.9. The van der Waals surface area contributed by atoms with Crippen LogP contribution in [0.1, 0.15) is 32.8 Å². The molecular formula is C31H36Cl3N3O7S. The monoisotopic (exact) mass is 699 g/mol. The lowest BCUT2D eigenvalue weighted by Gasteiger charge is -2.33. The average molecular weight is 701 g/mol. The third-order valence-corrected chi connectivity index (χ3v) is 9.89. The maximum atomic E-state index is 14.3. The third kappa shape index (κ3) is 8.46. The average Bonchev–Trinajstić information content (AvgIpc) is 3.02. The number of methoxy groups -OCH3 is 3. The number of hydrogen-bond donors (Lipinski definition) is 1. The molecule has 0 aliphatic carbocycles. The lowest BCUT2D eigenvalue weighted by atomic mass is 10.1. The van der Waals surface area contributed by atoms with E-state index in [1.807, 2.05) is 13.8 Å². The number of rotatable bonds is 14. The Balaban J connectivity index is 2.18. The second kappa shape index (κ2) is 15.8. The van der Waals surface area contributed by atoms with Gasteiger partial charge in [-0.15, -0.1) is 0 Å². The molecule has 3 aromatic carbocycles. The fourth-order valence-electron chi connectivity index (χ4n) is 4.38. The molecule has 2 amide bonds. The number of benzene rings is 3. The Bertz CT molecular complexity index is 1620. The van der Waals surface area contributed by atoms with Crippen LogP contribution in [0.2, 0.25) is 15.1 Å². The van der Waals surface area contributed by atoms with Crippen LogP contribution >= 0.6 is 34.8 Å². The maximum absolute atomic E-state index is 14.3. The first-order valence-electron chi connectivity index (χ1n) is 13.9. The highest BCUT2D eigenvalue weighted by Crippen LogP contribution is 2.37. The molecule has 0 aromatic heterocycles. The summed E-state index contributed by atoms with van der Waals surface area (Å²) >= 11 is 19.2. The predicted octanol–water partition coefficient (Wildman–Crippen LogP) is 6.20. The van der Waals surface area contributed by atoms with Crippen LogP contribution in [0.25, 0.3) is 0 Å². The lowest BCUT2D eigenvalue weighted by Crippen LogP contribution is -2.52. The lowest BCUT2D eigenvalue weighted by molar-refractivity contribution is -0.139. The van der Waals surface area contributed by atoms with Gasteiger partial charge < -0.3 is 24.4 Å². The highest BCUT2D eigenvalue weighted by atomic mass is 35.5. The molecule has 0 fully saturated rings. The van der Waals surface area contributed by atoms with Gasteiger partial charge in [-0.3, -0.25) is 13.9 Å². The van der Waals surface area contributed by atoms with E-state index >= 15 is 0 Å². The SMILES string of the molecule is CC[C@H](C)NC(=O)[C@@H](C)N(Cc1c(Cl)cccc1Cl)C(=O)CN(c1cc(Cl)ccc1OC)S(=O)(=O)c1ccc(OC)c(OC)c1. The largest absolute Gasteiger partial charge is 0.495 e. The van der Waals surface area contributed by atoms with E-state index in [0.29, 0.717) is 17.7 Å². The maximum Gasteiger partial charge on any atom is 0.265 e. The molecule has 0 saturated heterocycles. The molecule has 0 radical (unpaired) electrons. The minimum Gasteiger partial charge on any atom is -0.495 e. The Morgan fingerprint density at radius 2 is 1.47 bits per heavy atom. The number of carbonyl (C=O) groups excluding carboxylic acids is 2. The van der Waals surface area contributed by atoms with Crippen molar-refractivity contribution in [2.45, 2.75) is 50.7 Å². The standard InChI is InChI=1S/C31H36Cl3N3O7S/c1-7-19(2)35-31(39)20(3)36(17-23-24(33)9-8-10-25(23)34)30(38)18-37(26-15-21(32)11-13-27(26)42-4)45(40,41)22-12-14-28(43-5)29(16-22)44-6/h8-16,19-20H,7,17-18H2,1-6H3,(H,35,39)/t19-,20+/m0/s1. The summed E-state index contributed by atoms with van der Waals surface area (Å²) in [7, 11) is -0.328.